The predicted molar refractivity (Wildman–Crippen MR) is 91.4 cm³/mol. The summed E-state index contributed by atoms with van der Waals surface area (Å²) in [6.07, 6.45) is 0. The summed E-state index contributed by atoms with van der Waals surface area (Å²) in [4.78, 5) is 22.3. The number of rotatable bonds is 2. The number of hydrogen-bond donors (Lipinski definition) is 0. The molecule has 2 atom stereocenters. The van der Waals surface area contributed by atoms with Crippen LogP contribution in [-0.4, -0.2) is 84.9 Å². The van der Waals surface area contributed by atoms with Crippen molar-refractivity contribution in [3.05, 3.63) is 29.6 Å². The van der Waals surface area contributed by atoms with E-state index in [2.05, 4.69) is 9.88 Å². The number of hydrogen-bond acceptors (Lipinski definition) is 5. The van der Waals surface area contributed by atoms with Crippen molar-refractivity contribution in [3.8, 4) is 0 Å². The minimum atomic E-state index is -3.13. The summed E-state index contributed by atoms with van der Waals surface area (Å²) in [5.41, 5.74) is 1.88. The molecule has 2 amide bonds. The number of aryl methyl sites for hydroxylation is 1. The molecule has 2 aliphatic rings. The normalized spacial score (nSPS) is 26.2. The van der Waals surface area contributed by atoms with Gasteiger partial charge in [-0.25, -0.2) is 13.2 Å². The van der Waals surface area contributed by atoms with Crippen LogP contribution >= 0.6 is 0 Å². The van der Waals surface area contributed by atoms with Crippen molar-refractivity contribution in [1.82, 2.24) is 19.7 Å². The molecule has 0 spiro atoms. The first-order valence-corrected chi connectivity index (χ1v) is 9.94. The summed E-state index contributed by atoms with van der Waals surface area (Å²) in [5, 5.41) is 0. The summed E-state index contributed by atoms with van der Waals surface area (Å²) in [7, 11) is 0.268. The molecule has 1 aromatic rings. The van der Waals surface area contributed by atoms with E-state index in [0.717, 1.165) is 11.4 Å². The monoisotopic (exact) mass is 352 g/mol. The highest BCUT2D eigenvalue weighted by Crippen LogP contribution is 2.28. The third-order valence-electron chi connectivity index (χ3n) is 4.73. The SMILES string of the molecule is Cc1cccc(CN2CCN(C(=O)N(C)C)[C@@H]3CS(=O)(=O)C[C@@H]32)n1. The van der Waals surface area contributed by atoms with Gasteiger partial charge in [0.05, 0.1) is 23.2 Å². The standard InChI is InChI=1S/C16H24N4O3S/c1-12-5-4-6-13(17-12)9-19-7-8-20(16(21)18(2)3)15-11-24(22,23)10-14(15)19/h4-6,14-15H,7-11H2,1-3H3/t14-,15+/m0/s1. The molecule has 7 nitrogen and oxygen atoms in total. The van der Waals surface area contributed by atoms with Crippen molar-refractivity contribution in [2.75, 3.05) is 38.7 Å². The van der Waals surface area contributed by atoms with Gasteiger partial charge in [0.1, 0.15) is 0 Å². The van der Waals surface area contributed by atoms with Crippen molar-refractivity contribution in [1.29, 1.82) is 0 Å². The largest absolute Gasteiger partial charge is 0.331 e. The molecule has 8 heteroatoms. The van der Waals surface area contributed by atoms with Gasteiger partial charge in [-0.3, -0.25) is 9.88 Å². The average Bonchev–Trinajstić information content (AvgIpc) is 2.82. The first-order chi connectivity index (χ1) is 11.3. The number of fused-ring (bicyclic) bond motifs is 1. The Morgan fingerprint density at radius 3 is 2.62 bits per heavy atom. The summed E-state index contributed by atoms with van der Waals surface area (Å²) in [6, 6.07) is 5.32. The van der Waals surface area contributed by atoms with Gasteiger partial charge >= 0.3 is 6.03 Å². The highest BCUT2D eigenvalue weighted by Gasteiger charge is 2.48. The second-order valence-electron chi connectivity index (χ2n) is 6.82. The Kier molecular flexibility index (Phi) is 4.52. The first kappa shape index (κ1) is 17.2. The summed E-state index contributed by atoms with van der Waals surface area (Å²) in [6.45, 7) is 3.76. The highest BCUT2D eigenvalue weighted by molar-refractivity contribution is 7.91. The van der Waals surface area contributed by atoms with Crippen LogP contribution < -0.4 is 0 Å². The minimum absolute atomic E-state index is 0.0506. The molecule has 0 aliphatic carbocycles. The second kappa shape index (κ2) is 6.33. The molecular formula is C16H24N4O3S. The summed E-state index contributed by atoms with van der Waals surface area (Å²) >= 11 is 0. The highest BCUT2D eigenvalue weighted by atomic mass is 32.2. The van der Waals surface area contributed by atoms with Crippen molar-refractivity contribution in [3.63, 3.8) is 0 Å². The maximum atomic E-state index is 12.4. The fraction of sp³-hybridized carbons (Fsp3) is 0.625. The lowest BCUT2D eigenvalue weighted by Gasteiger charge is -2.44. The van der Waals surface area contributed by atoms with Crippen LogP contribution in [0.1, 0.15) is 11.4 Å². The molecule has 0 aromatic carbocycles. The van der Waals surface area contributed by atoms with E-state index >= 15 is 0 Å². The van der Waals surface area contributed by atoms with Gasteiger partial charge in [-0.1, -0.05) is 6.07 Å². The van der Waals surface area contributed by atoms with E-state index in [1.165, 1.54) is 4.90 Å². The molecule has 24 heavy (non-hydrogen) atoms. The summed E-state index contributed by atoms with van der Waals surface area (Å²) in [5.74, 6) is 0.162. The quantitative estimate of drug-likeness (QED) is 0.768. The lowest BCUT2D eigenvalue weighted by molar-refractivity contribution is 0.0513. The predicted octanol–water partition coefficient (Wildman–Crippen LogP) is 0.355. The van der Waals surface area contributed by atoms with Crippen molar-refractivity contribution < 1.29 is 13.2 Å². The Morgan fingerprint density at radius 2 is 1.96 bits per heavy atom. The van der Waals surface area contributed by atoms with Gasteiger partial charge in [0.15, 0.2) is 9.84 Å². The van der Waals surface area contributed by atoms with Gasteiger partial charge in [-0.15, -0.1) is 0 Å². The van der Waals surface area contributed by atoms with Crippen molar-refractivity contribution in [2.45, 2.75) is 25.6 Å². The number of amides is 2. The van der Waals surface area contributed by atoms with E-state index in [-0.39, 0.29) is 29.6 Å². The van der Waals surface area contributed by atoms with Crippen LogP contribution in [0.25, 0.3) is 0 Å². The van der Waals surface area contributed by atoms with E-state index < -0.39 is 9.84 Å². The third kappa shape index (κ3) is 3.39. The fourth-order valence-electron chi connectivity index (χ4n) is 3.61. The van der Waals surface area contributed by atoms with E-state index in [9.17, 15) is 13.2 Å². The molecule has 0 unspecified atom stereocenters. The molecule has 0 saturated carbocycles. The van der Waals surface area contributed by atoms with Crippen LogP contribution in [-0.2, 0) is 16.4 Å². The molecule has 0 radical (unpaired) electrons. The fourth-order valence-corrected chi connectivity index (χ4v) is 5.62. The molecule has 132 valence electrons. The van der Waals surface area contributed by atoms with Crippen LogP contribution in [0, 0.1) is 6.92 Å². The van der Waals surface area contributed by atoms with Crippen LogP contribution in [0.2, 0.25) is 0 Å². The number of pyridine rings is 1. The maximum Gasteiger partial charge on any atom is 0.319 e. The zero-order valence-corrected chi connectivity index (χ0v) is 15.2. The zero-order chi connectivity index (χ0) is 17.5. The number of sulfone groups is 1. The van der Waals surface area contributed by atoms with Crippen LogP contribution in [0.5, 0.6) is 0 Å². The smallest absolute Gasteiger partial charge is 0.319 e. The second-order valence-corrected chi connectivity index (χ2v) is 8.98. The van der Waals surface area contributed by atoms with Crippen LogP contribution in [0.4, 0.5) is 4.79 Å². The third-order valence-corrected chi connectivity index (χ3v) is 6.43. The van der Waals surface area contributed by atoms with E-state index in [1.54, 1.807) is 19.0 Å². The van der Waals surface area contributed by atoms with Gasteiger partial charge in [-0.05, 0) is 19.1 Å². The number of carbonyl (C=O) groups excluding carboxylic acids is 1. The van der Waals surface area contributed by atoms with Crippen molar-refractivity contribution in [2.24, 2.45) is 0 Å². The van der Waals surface area contributed by atoms with E-state index in [0.29, 0.717) is 19.6 Å². The molecular weight excluding hydrogens is 328 g/mol. The van der Waals surface area contributed by atoms with Gasteiger partial charge in [0.2, 0.25) is 0 Å². The lowest BCUT2D eigenvalue weighted by atomic mass is 10.0. The van der Waals surface area contributed by atoms with Gasteiger partial charge in [0, 0.05) is 45.5 Å². The molecule has 0 N–H and O–H groups in total. The van der Waals surface area contributed by atoms with Crippen LogP contribution in [0.3, 0.4) is 0 Å². The average molecular weight is 352 g/mol. The van der Waals surface area contributed by atoms with Gasteiger partial charge < -0.3 is 9.80 Å². The summed E-state index contributed by atoms with van der Waals surface area (Å²) < 4.78 is 24.4. The zero-order valence-electron chi connectivity index (χ0n) is 14.3. The Labute approximate surface area is 143 Å². The van der Waals surface area contributed by atoms with Crippen LogP contribution in [0.15, 0.2) is 18.2 Å². The maximum absolute atomic E-state index is 12.4. The molecule has 0 bridgehead atoms. The number of urea groups is 1. The van der Waals surface area contributed by atoms with Gasteiger partial charge in [-0.2, -0.15) is 0 Å². The topological polar surface area (TPSA) is 73.8 Å². The molecule has 2 saturated heterocycles. The number of carbonyl (C=O) groups is 1. The Morgan fingerprint density at radius 1 is 1.25 bits per heavy atom. The van der Waals surface area contributed by atoms with Gasteiger partial charge in [0.25, 0.3) is 0 Å². The van der Waals surface area contributed by atoms with Crippen molar-refractivity contribution >= 4 is 15.9 Å². The Bertz CT molecular complexity index is 735. The Balaban J connectivity index is 1.83. The molecule has 3 rings (SSSR count). The number of aromatic nitrogens is 1. The lowest BCUT2D eigenvalue weighted by Crippen LogP contribution is -2.61. The Hall–Kier alpha value is -1.67. The molecule has 3 heterocycles. The molecule has 2 fully saturated rings. The number of piperazine rings is 1. The number of nitrogens with zero attached hydrogens (tertiary/aromatic N) is 4. The van der Waals surface area contributed by atoms with E-state index in [4.69, 9.17) is 0 Å². The molecule has 2 aliphatic heterocycles. The van der Waals surface area contributed by atoms with E-state index in [1.807, 2.05) is 25.1 Å². The molecule has 1 aromatic heterocycles. The first-order valence-electron chi connectivity index (χ1n) is 8.12. The minimum Gasteiger partial charge on any atom is -0.331 e.